The zero-order chi connectivity index (χ0) is 17.2. The summed E-state index contributed by atoms with van der Waals surface area (Å²) in [4.78, 5) is 28.6. The zero-order valence-electron chi connectivity index (χ0n) is 13.8. The van der Waals surface area contributed by atoms with Crippen LogP contribution in [0.15, 0.2) is 35.1 Å². The molecule has 1 aromatic heterocycles. The molecule has 0 radical (unpaired) electrons. The molecule has 2 heterocycles. The Morgan fingerprint density at radius 2 is 2.08 bits per heavy atom. The van der Waals surface area contributed by atoms with Gasteiger partial charge in [0.2, 0.25) is 5.75 Å². The van der Waals surface area contributed by atoms with Gasteiger partial charge < -0.3 is 9.47 Å². The van der Waals surface area contributed by atoms with Gasteiger partial charge in [0, 0.05) is 13.2 Å². The van der Waals surface area contributed by atoms with Gasteiger partial charge in [-0.05, 0) is 25.8 Å². The summed E-state index contributed by atoms with van der Waals surface area (Å²) >= 11 is 0. The molecule has 0 amide bonds. The first-order valence-corrected chi connectivity index (χ1v) is 7.94. The van der Waals surface area contributed by atoms with Gasteiger partial charge in [-0.15, -0.1) is 0 Å². The van der Waals surface area contributed by atoms with Crippen molar-refractivity contribution >= 4 is 6.29 Å². The molecule has 126 valence electrons. The SMILES string of the molecule is CC1(C)OCCCn2c1nc(C=O)c(OCc1ccccc1)c2=O. The lowest BCUT2D eigenvalue weighted by atomic mass is 10.1. The van der Waals surface area contributed by atoms with Crippen molar-refractivity contribution in [2.75, 3.05) is 6.61 Å². The summed E-state index contributed by atoms with van der Waals surface area (Å²) < 4.78 is 13.0. The molecular weight excluding hydrogens is 308 g/mol. The largest absolute Gasteiger partial charge is 0.481 e. The quantitative estimate of drug-likeness (QED) is 0.805. The van der Waals surface area contributed by atoms with E-state index in [2.05, 4.69) is 4.98 Å². The van der Waals surface area contributed by atoms with E-state index in [0.717, 1.165) is 5.56 Å². The molecule has 24 heavy (non-hydrogen) atoms. The molecule has 6 nitrogen and oxygen atoms in total. The number of benzene rings is 1. The van der Waals surface area contributed by atoms with Crippen LogP contribution in [0.25, 0.3) is 0 Å². The Balaban J connectivity index is 2.02. The van der Waals surface area contributed by atoms with Crippen molar-refractivity contribution in [1.82, 2.24) is 9.55 Å². The lowest BCUT2D eigenvalue weighted by Crippen LogP contribution is -2.34. The van der Waals surface area contributed by atoms with Crippen LogP contribution < -0.4 is 10.3 Å². The highest BCUT2D eigenvalue weighted by atomic mass is 16.5. The molecule has 3 rings (SSSR count). The van der Waals surface area contributed by atoms with Crippen molar-refractivity contribution in [3.63, 3.8) is 0 Å². The Labute approximate surface area is 140 Å². The first kappa shape index (κ1) is 16.4. The lowest BCUT2D eigenvalue weighted by molar-refractivity contribution is -0.0227. The molecule has 1 aromatic carbocycles. The topological polar surface area (TPSA) is 70.4 Å². The van der Waals surface area contributed by atoms with Gasteiger partial charge in [0.1, 0.15) is 18.0 Å². The number of fused-ring (bicyclic) bond motifs is 1. The Bertz CT molecular complexity index is 797. The van der Waals surface area contributed by atoms with E-state index in [1.54, 1.807) is 4.57 Å². The van der Waals surface area contributed by atoms with Crippen molar-refractivity contribution in [1.29, 1.82) is 0 Å². The number of hydrogen-bond donors (Lipinski definition) is 0. The smallest absolute Gasteiger partial charge is 0.296 e. The van der Waals surface area contributed by atoms with Crippen molar-refractivity contribution in [2.24, 2.45) is 0 Å². The maximum Gasteiger partial charge on any atom is 0.296 e. The molecule has 0 aliphatic carbocycles. The van der Waals surface area contributed by atoms with Crippen molar-refractivity contribution < 1.29 is 14.3 Å². The number of hydrogen-bond acceptors (Lipinski definition) is 5. The minimum absolute atomic E-state index is 0.00435. The third kappa shape index (κ3) is 3.10. The third-order valence-electron chi connectivity index (χ3n) is 4.02. The van der Waals surface area contributed by atoms with Crippen LogP contribution in [0.2, 0.25) is 0 Å². The number of rotatable bonds is 4. The van der Waals surface area contributed by atoms with Crippen LogP contribution in [0, 0.1) is 0 Å². The summed E-state index contributed by atoms with van der Waals surface area (Å²) in [7, 11) is 0. The van der Waals surface area contributed by atoms with Gasteiger partial charge in [0.15, 0.2) is 12.0 Å². The van der Waals surface area contributed by atoms with Crippen LogP contribution in [0.1, 0.15) is 42.1 Å². The van der Waals surface area contributed by atoms with Gasteiger partial charge >= 0.3 is 0 Å². The van der Waals surface area contributed by atoms with Crippen LogP contribution in [-0.2, 0) is 23.5 Å². The maximum absolute atomic E-state index is 12.8. The van der Waals surface area contributed by atoms with E-state index in [9.17, 15) is 9.59 Å². The molecular formula is C18H20N2O4. The Morgan fingerprint density at radius 1 is 1.33 bits per heavy atom. The number of nitrogens with zero attached hydrogens (tertiary/aromatic N) is 2. The molecule has 0 spiro atoms. The van der Waals surface area contributed by atoms with Crippen molar-refractivity contribution in [3.05, 3.63) is 57.8 Å². The number of carbonyl (C=O) groups excluding carboxylic acids is 1. The van der Waals surface area contributed by atoms with Gasteiger partial charge in [-0.2, -0.15) is 0 Å². The molecule has 0 fully saturated rings. The Morgan fingerprint density at radius 3 is 2.79 bits per heavy atom. The van der Waals surface area contributed by atoms with Crippen LogP contribution >= 0.6 is 0 Å². The molecule has 6 heteroatoms. The van der Waals surface area contributed by atoms with Crippen LogP contribution in [0.5, 0.6) is 5.75 Å². The predicted molar refractivity (Wildman–Crippen MR) is 88.3 cm³/mol. The van der Waals surface area contributed by atoms with Crippen LogP contribution in [0.3, 0.4) is 0 Å². The first-order chi connectivity index (χ1) is 11.5. The van der Waals surface area contributed by atoms with Crippen LogP contribution in [-0.4, -0.2) is 22.4 Å². The summed E-state index contributed by atoms with van der Waals surface area (Å²) in [6.07, 6.45) is 1.26. The molecule has 0 saturated heterocycles. The number of aromatic nitrogens is 2. The summed E-state index contributed by atoms with van der Waals surface area (Å²) in [5, 5.41) is 0. The molecule has 1 aliphatic heterocycles. The fourth-order valence-electron chi connectivity index (χ4n) is 2.78. The highest BCUT2D eigenvalue weighted by Crippen LogP contribution is 2.27. The summed E-state index contributed by atoms with van der Waals surface area (Å²) in [6.45, 7) is 4.92. The highest BCUT2D eigenvalue weighted by Gasteiger charge is 2.32. The lowest BCUT2D eigenvalue weighted by Gasteiger charge is -2.25. The Hall–Kier alpha value is -2.47. The molecule has 0 unspecified atom stereocenters. The number of carbonyl (C=O) groups is 1. The van der Waals surface area contributed by atoms with E-state index in [1.165, 1.54) is 0 Å². The maximum atomic E-state index is 12.8. The molecule has 1 aliphatic rings. The monoisotopic (exact) mass is 328 g/mol. The fraction of sp³-hybridized carbons (Fsp3) is 0.389. The van der Waals surface area contributed by atoms with E-state index in [4.69, 9.17) is 9.47 Å². The van der Waals surface area contributed by atoms with Crippen LogP contribution in [0.4, 0.5) is 0 Å². The van der Waals surface area contributed by atoms with Crippen molar-refractivity contribution in [2.45, 2.75) is 39.0 Å². The standard InChI is InChI=1S/C18H20N2O4/c1-18(2)17-19-14(11-21)15(16(22)20(17)9-6-10-24-18)23-12-13-7-4-3-5-8-13/h3-5,7-8,11H,6,9-10,12H2,1-2H3. The summed E-state index contributed by atoms with van der Waals surface area (Å²) in [5.74, 6) is 0.453. The van der Waals surface area contributed by atoms with E-state index >= 15 is 0 Å². The molecule has 0 atom stereocenters. The molecule has 2 aromatic rings. The van der Waals surface area contributed by atoms with Gasteiger partial charge in [0.25, 0.3) is 5.56 Å². The van der Waals surface area contributed by atoms with Gasteiger partial charge in [-0.1, -0.05) is 30.3 Å². The van der Waals surface area contributed by atoms with E-state index in [0.29, 0.717) is 31.7 Å². The minimum Gasteiger partial charge on any atom is -0.481 e. The van der Waals surface area contributed by atoms with Gasteiger partial charge in [-0.3, -0.25) is 14.2 Å². The van der Waals surface area contributed by atoms with Crippen molar-refractivity contribution in [3.8, 4) is 5.75 Å². The minimum atomic E-state index is -0.731. The highest BCUT2D eigenvalue weighted by molar-refractivity contribution is 5.76. The summed E-state index contributed by atoms with van der Waals surface area (Å²) in [5.41, 5.74) is -0.138. The fourth-order valence-corrected chi connectivity index (χ4v) is 2.78. The van der Waals surface area contributed by atoms with Gasteiger partial charge in [-0.25, -0.2) is 4.98 Å². The second kappa shape index (κ2) is 6.57. The average Bonchev–Trinajstić information content (AvgIpc) is 2.73. The second-order valence-electron chi connectivity index (χ2n) is 6.21. The third-order valence-corrected chi connectivity index (χ3v) is 4.02. The average molecular weight is 328 g/mol. The Kier molecular flexibility index (Phi) is 4.49. The second-order valence-corrected chi connectivity index (χ2v) is 6.21. The normalized spacial score (nSPS) is 16.1. The number of aldehydes is 1. The molecule has 0 N–H and O–H groups in total. The molecule has 0 bridgehead atoms. The zero-order valence-corrected chi connectivity index (χ0v) is 13.8. The number of ether oxygens (including phenoxy) is 2. The summed E-state index contributed by atoms with van der Waals surface area (Å²) in [6, 6.07) is 9.47. The molecule has 0 saturated carbocycles. The van der Waals surface area contributed by atoms with E-state index in [-0.39, 0.29) is 23.6 Å². The van der Waals surface area contributed by atoms with E-state index < -0.39 is 5.60 Å². The van der Waals surface area contributed by atoms with Gasteiger partial charge in [0.05, 0.1) is 0 Å². The predicted octanol–water partition coefficient (Wildman–Crippen LogP) is 2.29. The van der Waals surface area contributed by atoms with E-state index in [1.807, 2.05) is 44.2 Å². The first-order valence-electron chi connectivity index (χ1n) is 7.94.